The number of likely N-dealkylation sites (tertiary alicyclic amines) is 1. The SMILES string of the molecule is CC(O)C1CCCN(C(=O)Cc2ccc(OC(F)(F)F)cc2)C1. The highest BCUT2D eigenvalue weighted by Gasteiger charge is 2.31. The van der Waals surface area contributed by atoms with E-state index in [1.165, 1.54) is 24.3 Å². The van der Waals surface area contributed by atoms with Crippen molar-refractivity contribution in [2.24, 2.45) is 5.92 Å². The molecule has 1 aromatic rings. The average Bonchev–Trinajstić information content (AvgIpc) is 2.48. The quantitative estimate of drug-likeness (QED) is 0.923. The van der Waals surface area contributed by atoms with E-state index < -0.39 is 12.5 Å². The fourth-order valence-electron chi connectivity index (χ4n) is 2.73. The zero-order valence-electron chi connectivity index (χ0n) is 12.8. The Kier molecular flexibility index (Phi) is 5.51. The van der Waals surface area contributed by atoms with Crippen LogP contribution < -0.4 is 4.74 Å². The lowest BCUT2D eigenvalue weighted by atomic mass is 9.93. The number of amides is 1. The van der Waals surface area contributed by atoms with Crippen LogP contribution in [0.3, 0.4) is 0 Å². The number of benzene rings is 1. The van der Waals surface area contributed by atoms with Gasteiger partial charge in [0.05, 0.1) is 12.5 Å². The van der Waals surface area contributed by atoms with Crippen molar-refractivity contribution in [3.8, 4) is 5.75 Å². The lowest BCUT2D eigenvalue weighted by Crippen LogP contribution is -2.43. The van der Waals surface area contributed by atoms with Crippen LogP contribution in [0.4, 0.5) is 13.2 Å². The van der Waals surface area contributed by atoms with Crippen molar-refractivity contribution in [1.29, 1.82) is 0 Å². The number of halogens is 3. The molecule has 0 aliphatic carbocycles. The van der Waals surface area contributed by atoms with Gasteiger partial charge < -0.3 is 14.7 Å². The van der Waals surface area contributed by atoms with E-state index in [1.807, 2.05) is 0 Å². The number of nitrogens with zero attached hydrogens (tertiary/aromatic N) is 1. The first kappa shape index (κ1) is 17.6. The molecule has 1 aromatic carbocycles. The van der Waals surface area contributed by atoms with E-state index in [9.17, 15) is 23.1 Å². The van der Waals surface area contributed by atoms with Crippen LogP contribution in [0, 0.1) is 5.92 Å². The highest BCUT2D eigenvalue weighted by molar-refractivity contribution is 5.78. The first-order valence-corrected chi connectivity index (χ1v) is 7.55. The second-order valence-electron chi connectivity index (χ2n) is 5.85. The molecule has 1 aliphatic rings. The molecule has 1 amide bonds. The van der Waals surface area contributed by atoms with Gasteiger partial charge in [0.2, 0.25) is 5.91 Å². The van der Waals surface area contributed by atoms with E-state index in [0.29, 0.717) is 18.7 Å². The molecule has 1 saturated heterocycles. The monoisotopic (exact) mass is 331 g/mol. The van der Waals surface area contributed by atoms with Crippen LogP contribution in [0.1, 0.15) is 25.3 Å². The van der Waals surface area contributed by atoms with Crippen LogP contribution in [-0.2, 0) is 11.2 Å². The van der Waals surface area contributed by atoms with E-state index in [4.69, 9.17) is 0 Å². The summed E-state index contributed by atoms with van der Waals surface area (Å²) in [5.41, 5.74) is 0.628. The minimum absolute atomic E-state index is 0.0789. The van der Waals surface area contributed by atoms with E-state index >= 15 is 0 Å². The standard InChI is InChI=1S/C16H20F3NO3/c1-11(21)13-3-2-8-20(10-13)15(22)9-12-4-6-14(7-5-12)23-16(17,18)19/h4-7,11,13,21H,2-3,8-10H2,1H3. The Bertz CT molecular complexity index is 528. The number of aliphatic hydroxyl groups excluding tert-OH is 1. The number of rotatable bonds is 4. The lowest BCUT2D eigenvalue weighted by molar-refractivity contribution is -0.274. The molecular formula is C16H20F3NO3. The minimum atomic E-state index is -4.72. The van der Waals surface area contributed by atoms with Crippen LogP contribution in [0.15, 0.2) is 24.3 Å². The molecular weight excluding hydrogens is 311 g/mol. The number of hydrogen-bond donors (Lipinski definition) is 1. The normalized spacial score (nSPS) is 20.2. The molecule has 0 radical (unpaired) electrons. The van der Waals surface area contributed by atoms with Crippen molar-refractivity contribution in [3.63, 3.8) is 0 Å². The summed E-state index contributed by atoms with van der Waals surface area (Å²) in [5, 5.41) is 9.65. The summed E-state index contributed by atoms with van der Waals surface area (Å²) in [6.45, 7) is 2.89. The van der Waals surface area contributed by atoms with E-state index in [2.05, 4.69) is 4.74 Å². The molecule has 0 aromatic heterocycles. The zero-order valence-corrected chi connectivity index (χ0v) is 12.8. The Labute approximate surface area is 132 Å². The third-order valence-corrected chi connectivity index (χ3v) is 4.01. The minimum Gasteiger partial charge on any atom is -0.406 e. The van der Waals surface area contributed by atoms with Crippen LogP contribution in [-0.4, -0.2) is 41.5 Å². The second-order valence-corrected chi connectivity index (χ2v) is 5.85. The smallest absolute Gasteiger partial charge is 0.406 e. The van der Waals surface area contributed by atoms with Crippen molar-refractivity contribution in [2.45, 2.75) is 38.7 Å². The molecule has 2 unspecified atom stereocenters. The van der Waals surface area contributed by atoms with Gasteiger partial charge in [0.25, 0.3) is 0 Å². The van der Waals surface area contributed by atoms with Crippen LogP contribution in [0.25, 0.3) is 0 Å². The number of ether oxygens (including phenoxy) is 1. The predicted molar refractivity (Wildman–Crippen MR) is 77.8 cm³/mol. The van der Waals surface area contributed by atoms with Crippen LogP contribution in [0.2, 0.25) is 0 Å². The maximum Gasteiger partial charge on any atom is 0.573 e. The van der Waals surface area contributed by atoms with Crippen molar-refractivity contribution in [3.05, 3.63) is 29.8 Å². The van der Waals surface area contributed by atoms with Crippen molar-refractivity contribution >= 4 is 5.91 Å². The van der Waals surface area contributed by atoms with Gasteiger partial charge in [-0.3, -0.25) is 4.79 Å². The van der Waals surface area contributed by atoms with Gasteiger partial charge in [-0.25, -0.2) is 0 Å². The molecule has 1 heterocycles. The fraction of sp³-hybridized carbons (Fsp3) is 0.562. The number of hydrogen-bond acceptors (Lipinski definition) is 3. The molecule has 0 saturated carbocycles. The number of piperidine rings is 1. The molecule has 1 fully saturated rings. The molecule has 4 nitrogen and oxygen atoms in total. The highest BCUT2D eigenvalue weighted by atomic mass is 19.4. The van der Waals surface area contributed by atoms with E-state index in [0.717, 1.165) is 12.8 Å². The first-order valence-electron chi connectivity index (χ1n) is 7.55. The van der Waals surface area contributed by atoms with E-state index in [-0.39, 0.29) is 24.0 Å². The summed E-state index contributed by atoms with van der Waals surface area (Å²) in [6, 6.07) is 5.31. The van der Waals surface area contributed by atoms with Gasteiger partial charge in [0.1, 0.15) is 5.75 Å². The number of alkyl halides is 3. The second kappa shape index (κ2) is 7.21. The summed E-state index contributed by atoms with van der Waals surface area (Å²) in [6.07, 6.45) is -3.31. The Morgan fingerprint density at radius 1 is 1.39 bits per heavy atom. The average molecular weight is 331 g/mol. The van der Waals surface area contributed by atoms with Crippen LogP contribution >= 0.6 is 0 Å². The van der Waals surface area contributed by atoms with Crippen molar-refractivity contribution in [2.75, 3.05) is 13.1 Å². The largest absolute Gasteiger partial charge is 0.573 e. The topological polar surface area (TPSA) is 49.8 Å². The van der Waals surface area contributed by atoms with Gasteiger partial charge in [-0.2, -0.15) is 0 Å². The molecule has 0 bridgehead atoms. The zero-order chi connectivity index (χ0) is 17.0. The molecule has 7 heteroatoms. The fourth-order valence-corrected chi connectivity index (χ4v) is 2.73. The summed E-state index contributed by atoms with van der Waals surface area (Å²) in [4.78, 5) is 14.0. The molecule has 128 valence electrons. The molecule has 2 rings (SSSR count). The summed E-state index contributed by atoms with van der Waals surface area (Å²) >= 11 is 0. The van der Waals surface area contributed by atoms with Crippen LogP contribution in [0.5, 0.6) is 5.75 Å². The van der Waals surface area contributed by atoms with Gasteiger partial charge in [0.15, 0.2) is 0 Å². The summed E-state index contributed by atoms with van der Waals surface area (Å²) in [7, 11) is 0. The molecule has 1 aliphatic heterocycles. The van der Waals surface area contributed by atoms with Gasteiger partial charge in [-0.15, -0.1) is 13.2 Å². The summed E-state index contributed by atoms with van der Waals surface area (Å²) < 4.78 is 40.1. The van der Waals surface area contributed by atoms with E-state index in [1.54, 1.807) is 11.8 Å². The number of aliphatic hydroxyl groups is 1. The molecule has 23 heavy (non-hydrogen) atoms. The van der Waals surface area contributed by atoms with Gasteiger partial charge in [-0.1, -0.05) is 12.1 Å². The lowest BCUT2D eigenvalue weighted by Gasteiger charge is -2.34. The van der Waals surface area contributed by atoms with Crippen molar-refractivity contribution < 1.29 is 27.8 Å². The highest BCUT2D eigenvalue weighted by Crippen LogP contribution is 2.24. The molecule has 2 atom stereocenters. The summed E-state index contributed by atoms with van der Waals surface area (Å²) in [5.74, 6) is -0.309. The number of carbonyl (C=O) groups is 1. The van der Waals surface area contributed by atoms with Gasteiger partial charge >= 0.3 is 6.36 Å². The Balaban J connectivity index is 1.92. The Hall–Kier alpha value is -1.76. The third-order valence-electron chi connectivity index (χ3n) is 4.01. The van der Waals surface area contributed by atoms with Gasteiger partial charge in [0, 0.05) is 19.0 Å². The molecule has 1 N–H and O–H groups in total. The predicted octanol–water partition coefficient (Wildman–Crippen LogP) is 2.75. The first-order chi connectivity index (χ1) is 10.7. The van der Waals surface area contributed by atoms with Crippen molar-refractivity contribution in [1.82, 2.24) is 4.90 Å². The third kappa shape index (κ3) is 5.42. The Morgan fingerprint density at radius 2 is 2.04 bits per heavy atom. The number of carbonyl (C=O) groups excluding carboxylic acids is 1. The molecule has 0 spiro atoms. The maximum absolute atomic E-state index is 12.3. The maximum atomic E-state index is 12.3. The Morgan fingerprint density at radius 3 is 2.61 bits per heavy atom. The van der Waals surface area contributed by atoms with Gasteiger partial charge in [-0.05, 0) is 37.5 Å².